The van der Waals surface area contributed by atoms with E-state index in [1.165, 1.54) is 39.2 Å². The van der Waals surface area contributed by atoms with E-state index < -0.39 is 0 Å². The summed E-state index contributed by atoms with van der Waals surface area (Å²) in [6, 6.07) is 34.5. The molecule has 1 aliphatic rings. The lowest BCUT2D eigenvalue weighted by Gasteiger charge is -2.27. The van der Waals surface area contributed by atoms with Crippen molar-refractivity contribution in [2.45, 2.75) is 6.92 Å². The Balaban J connectivity index is 1.51. The predicted molar refractivity (Wildman–Crippen MR) is 130 cm³/mol. The monoisotopic (exact) mass is 385 g/mol. The van der Waals surface area contributed by atoms with E-state index in [-0.39, 0.29) is 0 Å². The summed E-state index contributed by atoms with van der Waals surface area (Å²) >= 11 is 0. The van der Waals surface area contributed by atoms with Crippen LogP contribution >= 0.6 is 0 Å². The molecule has 0 bridgehead atoms. The zero-order valence-corrected chi connectivity index (χ0v) is 17.0. The molecule has 1 heteroatoms. The van der Waals surface area contributed by atoms with Gasteiger partial charge in [-0.1, -0.05) is 103 Å². The van der Waals surface area contributed by atoms with Crippen molar-refractivity contribution in [3.63, 3.8) is 0 Å². The third-order valence-corrected chi connectivity index (χ3v) is 5.49. The highest BCUT2D eigenvalue weighted by atomic mass is 15.1. The number of para-hydroxylation sites is 2. The largest absolute Gasteiger partial charge is 0.309 e. The van der Waals surface area contributed by atoms with Gasteiger partial charge in [-0.05, 0) is 53.4 Å². The minimum Gasteiger partial charge on any atom is -0.309 e. The number of fused-ring (bicyclic) bond motifs is 2. The van der Waals surface area contributed by atoms with Crippen molar-refractivity contribution in [2.24, 2.45) is 0 Å². The third kappa shape index (κ3) is 3.58. The van der Waals surface area contributed by atoms with Crippen molar-refractivity contribution in [2.75, 3.05) is 4.90 Å². The molecular weight excluding hydrogens is 362 g/mol. The summed E-state index contributed by atoms with van der Waals surface area (Å²) in [4.78, 5) is 2.35. The van der Waals surface area contributed by atoms with Crippen LogP contribution in [0.5, 0.6) is 0 Å². The number of hydrogen-bond donors (Lipinski definition) is 0. The summed E-state index contributed by atoms with van der Waals surface area (Å²) in [6.07, 6.45) is 8.73. The second-order valence-electron chi connectivity index (χ2n) is 7.62. The van der Waals surface area contributed by atoms with Gasteiger partial charge >= 0.3 is 0 Å². The summed E-state index contributed by atoms with van der Waals surface area (Å²) < 4.78 is 0. The predicted octanol–water partition coefficient (Wildman–Crippen LogP) is 8.12. The highest BCUT2D eigenvalue weighted by Gasteiger charge is 2.18. The molecular formula is C29H23N. The number of aryl methyl sites for hydroxylation is 1. The van der Waals surface area contributed by atoms with Crippen LogP contribution in [0, 0.1) is 6.92 Å². The van der Waals surface area contributed by atoms with Crippen LogP contribution in [0.15, 0.2) is 97.1 Å². The minimum atomic E-state index is 1.16. The molecule has 0 aliphatic carbocycles. The van der Waals surface area contributed by atoms with Crippen LogP contribution in [-0.4, -0.2) is 0 Å². The molecule has 0 saturated heterocycles. The van der Waals surface area contributed by atoms with Gasteiger partial charge in [0.1, 0.15) is 0 Å². The van der Waals surface area contributed by atoms with Gasteiger partial charge in [-0.15, -0.1) is 0 Å². The van der Waals surface area contributed by atoms with Crippen LogP contribution in [0.2, 0.25) is 0 Å². The Kier molecular flexibility index (Phi) is 4.78. The van der Waals surface area contributed by atoms with E-state index in [4.69, 9.17) is 0 Å². The Morgan fingerprint density at radius 2 is 1.00 bits per heavy atom. The van der Waals surface area contributed by atoms with Gasteiger partial charge in [-0.2, -0.15) is 0 Å². The molecule has 0 aromatic heterocycles. The maximum absolute atomic E-state index is 2.35. The second kappa shape index (κ2) is 7.88. The van der Waals surface area contributed by atoms with Gasteiger partial charge in [0, 0.05) is 5.69 Å². The summed E-state index contributed by atoms with van der Waals surface area (Å²) in [5.74, 6) is 0. The van der Waals surface area contributed by atoms with Crippen molar-refractivity contribution in [1.82, 2.24) is 0 Å². The first-order valence-electron chi connectivity index (χ1n) is 10.3. The van der Waals surface area contributed by atoms with Crippen LogP contribution in [-0.2, 0) is 0 Å². The van der Waals surface area contributed by atoms with Gasteiger partial charge in [-0.3, -0.25) is 0 Å². The quantitative estimate of drug-likeness (QED) is 0.283. The fourth-order valence-corrected chi connectivity index (χ4v) is 3.86. The molecule has 0 unspecified atom stereocenters. The van der Waals surface area contributed by atoms with Crippen LogP contribution in [0.1, 0.15) is 27.8 Å². The van der Waals surface area contributed by atoms with Crippen molar-refractivity contribution in [3.05, 3.63) is 125 Å². The Hall–Kier alpha value is -3.84. The maximum atomic E-state index is 2.35. The molecule has 144 valence electrons. The van der Waals surface area contributed by atoms with Gasteiger partial charge in [0.2, 0.25) is 0 Å². The SMILES string of the molecule is Cc1ccc(C=Cc2ccc(N3c4ccccc4C=Cc4ccccc43)cc2)cc1. The van der Waals surface area contributed by atoms with Gasteiger partial charge in [0.25, 0.3) is 0 Å². The first kappa shape index (κ1) is 18.2. The Morgan fingerprint density at radius 1 is 0.533 bits per heavy atom. The number of rotatable bonds is 3. The smallest absolute Gasteiger partial charge is 0.0534 e. The van der Waals surface area contributed by atoms with Gasteiger partial charge in [0.15, 0.2) is 0 Å². The fourth-order valence-electron chi connectivity index (χ4n) is 3.86. The Morgan fingerprint density at radius 3 is 1.53 bits per heavy atom. The van der Waals surface area contributed by atoms with Crippen molar-refractivity contribution >= 4 is 41.4 Å². The van der Waals surface area contributed by atoms with Crippen molar-refractivity contribution in [1.29, 1.82) is 0 Å². The van der Waals surface area contributed by atoms with E-state index in [0.29, 0.717) is 0 Å². The summed E-state index contributed by atoms with van der Waals surface area (Å²) in [7, 11) is 0. The maximum Gasteiger partial charge on any atom is 0.0534 e. The molecule has 0 N–H and O–H groups in total. The van der Waals surface area contributed by atoms with Gasteiger partial charge in [0.05, 0.1) is 11.4 Å². The van der Waals surface area contributed by atoms with Crippen LogP contribution in [0.3, 0.4) is 0 Å². The topological polar surface area (TPSA) is 3.24 Å². The molecule has 0 saturated carbocycles. The Labute approximate surface area is 178 Å². The number of benzene rings is 4. The van der Waals surface area contributed by atoms with Crippen molar-refractivity contribution < 1.29 is 0 Å². The number of hydrogen-bond acceptors (Lipinski definition) is 1. The Bertz CT molecular complexity index is 1180. The zero-order valence-electron chi connectivity index (χ0n) is 17.0. The van der Waals surface area contributed by atoms with Crippen LogP contribution in [0.25, 0.3) is 24.3 Å². The first-order valence-corrected chi connectivity index (χ1v) is 10.3. The molecule has 0 atom stereocenters. The molecule has 5 rings (SSSR count). The molecule has 4 aromatic carbocycles. The molecule has 1 heterocycles. The third-order valence-electron chi connectivity index (χ3n) is 5.49. The minimum absolute atomic E-state index is 1.16. The highest BCUT2D eigenvalue weighted by Crippen LogP contribution is 2.41. The molecule has 0 fully saturated rings. The summed E-state index contributed by atoms with van der Waals surface area (Å²) in [6.45, 7) is 2.11. The molecule has 1 aliphatic heterocycles. The fraction of sp³-hybridized carbons (Fsp3) is 0.0345. The van der Waals surface area contributed by atoms with E-state index in [2.05, 4.69) is 133 Å². The van der Waals surface area contributed by atoms with E-state index in [1.54, 1.807) is 0 Å². The average Bonchev–Trinajstić information content (AvgIpc) is 2.96. The lowest BCUT2D eigenvalue weighted by Crippen LogP contribution is -2.11. The summed E-state index contributed by atoms with van der Waals surface area (Å²) in [5, 5.41) is 0. The van der Waals surface area contributed by atoms with E-state index >= 15 is 0 Å². The highest BCUT2D eigenvalue weighted by molar-refractivity contribution is 5.93. The van der Waals surface area contributed by atoms with E-state index in [9.17, 15) is 0 Å². The lowest BCUT2D eigenvalue weighted by molar-refractivity contribution is 1.28. The van der Waals surface area contributed by atoms with Crippen molar-refractivity contribution in [3.8, 4) is 0 Å². The van der Waals surface area contributed by atoms with Gasteiger partial charge < -0.3 is 4.90 Å². The van der Waals surface area contributed by atoms with Crippen LogP contribution < -0.4 is 4.90 Å². The standard InChI is InChI=1S/C29H23N/c1-22-10-12-23(13-11-22)14-15-24-16-20-27(21-17-24)30-28-8-4-2-6-25(28)18-19-26-7-3-5-9-29(26)30/h2-21H,1H3. The average molecular weight is 386 g/mol. The molecule has 1 nitrogen and oxygen atoms in total. The molecule has 30 heavy (non-hydrogen) atoms. The normalized spacial score (nSPS) is 12.5. The molecule has 0 spiro atoms. The summed E-state index contributed by atoms with van der Waals surface area (Å²) in [5.41, 5.74) is 9.67. The van der Waals surface area contributed by atoms with Crippen LogP contribution in [0.4, 0.5) is 17.1 Å². The van der Waals surface area contributed by atoms with E-state index in [0.717, 1.165) is 5.69 Å². The van der Waals surface area contributed by atoms with Gasteiger partial charge in [-0.25, -0.2) is 0 Å². The molecule has 4 aromatic rings. The number of anilines is 3. The van der Waals surface area contributed by atoms with E-state index in [1.807, 2.05) is 0 Å². The first-order chi connectivity index (χ1) is 14.8. The zero-order chi connectivity index (χ0) is 20.3. The second-order valence-corrected chi connectivity index (χ2v) is 7.62. The molecule has 0 amide bonds. The number of nitrogens with zero attached hydrogens (tertiary/aromatic N) is 1. The lowest BCUT2D eigenvalue weighted by atomic mass is 10.1. The molecule has 0 radical (unpaired) electrons.